The van der Waals surface area contributed by atoms with Crippen LogP contribution in [0.25, 0.3) is 0 Å². The quantitative estimate of drug-likeness (QED) is 0.631. The second-order valence-corrected chi connectivity index (χ2v) is 6.66. The molecule has 0 spiro atoms. The van der Waals surface area contributed by atoms with E-state index in [2.05, 4.69) is 5.32 Å². The largest absolute Gasteiger partial charge is 0.492 e. The molecule has 0 aliphatic carbocycles. The molecule has 2 rings (SSSR count). The molecule has 0 bridgehead atoms. The Labute approximate surface area is 124 Å². The van der Waals surface area contributed by atoms with E-state index in [-0.39, 0.29) is 0 Å². The summed E-state index contributed by atoms with van der Waals surface area (Å²) in [6.07, 6.45) is 1.19. The number of anilines is 2. The summed E-state index contributed by atoms with van der Waals surface area (Å²) in [7, 11) is -3.15. The summed E-state index contributed by atoms with van der Waals surface area (Å²) in [5, 5.41) is 3.16. The summed E-state index contributed by atoms with van der Waals surface area (Å²) < 4.78 is 28.2. The zero-order valence-electron chi connectivity index (χ0n) is 11.7. The normalized spacial score (nSPS) is 11.1. The molecule has 0 fully saturated rings. The lowest BCUT2D eigenvalue weighted by atomic mass is 10.3. The molecule has 0 heterocycles. The second kappa shape index (κ2) is 6.49. The van der Waals surface area contributed by atoms with Crippen LogP contribution in [0.1, 0.15) is 0 Å². The first kappa shape index (κ1) is 15.2. The van der Waals surface area contributed by atoms with Gasteiger partial charge in [0.15, 0.2) is 9.84 Å². The van der Waals surface area contributed by atoms with Crippen molar-refractivity contribution < 1.29 is 13.2 Å². The molecule has 6 heteroatoms. The molecule has 0 amide bonds. The van der Waals surface area contributed by atoms with Gasteiger partial charge in [-0.15, -0.1) is 0 Å². The van der Waals surface area contributed by atoms with Crippen LogP contribution in [0.2, 0.25) is 0 Å². The molecule has 0 saturated heterocycles. The van der Waals surface area contributed by atoms with Gasteiger partial charge >= 0.3 is 0 Å². The summed E-state index contributed by atoms with van der Waals surface area (Å²) in [6, 6.07) is 13.9. The van der Waals surface area contributed by atoms with Crippen molar-refractivity contribution in [3.8, 4) is 5.75 Å². The fourth-order valence-electron chi connectivity index (χ4n) is 1.79. The van der Waals surface area contributed by atoms with Gasteiger partial charge in [0, 0.05) is 30.2 Å². The maximum absolute atomic E-state index is 11.3. The fraction of sp³-hybridized carbons (Fsp3) is 0.200. The molecule has 0 unspecified atom stereocenters. The van der Waals surface area contributed by atoms with E-state index in [1.54, 1.807) is 36.4 Å². The molecule has 0 atom stereocenters. The molecule has 3 N–H and O–H groups in total. The van der Waals surface area contributed by atoms with E-state index >= 15 is 0 Å². The number of benzene rings is 2. The highest BCUT2D eigenvalue weighted by Gasteiger charge is 2.05. The third-order valence-corrected chi connectivity index (χ3v) is 3.97. The Balaban J connectivity index is 1.81. The Bertz CT molecular complexity index is 697. The number of nitrogen functional groups attached to an aromatic ring is 1. The Hall–Kier alpha value is -2.21. The molecule has 0 saturated carbocycles. The van der Waals surface area contributed by atoms with Gasteiger partial charge in [0.2, 0.25) is 0 Å². The molecule has 0 radical (unpaired) electrons. The first-order valence-electron chi connectivity index (χ1n) is 6.47. The molecular weight excluding hydrogens is 288 g/mol. The van der Waals surface area contributed by atoms with Crippen LogP contribution in [0.4, 0.5) is 11.4 Å². The number of nitrogens with one attached hydrogen (secondary N) is 1. The third-order valence-electron chi connectivity index (χ3n) is 2.84. The highest BCUT2D eigenvalue weighted by Crippen LogP contribution is 2.15. The monoisotopic (exact) mass is 306 g/mol. The van der Waals surface area contributed by atoms with Crippen molar-refractivity contribution in [1.82, 2.24) is 0 Å². The van der Waals surface area contributed by atoms with Crippen LogP contribution in [0.15, 0.2) is 53.4 Å². The Morgan fingerprint density at radius 3 is 2.48 bits per heavy atom. The van der Waals surface area contributed by atoms with Gasteiger partial charge in [0.05, 0.1) is 4.90 Å². The number of ether oxygens (including phenoxy) is 1. The fourth-order valence-corrected chi connectivity index (χ4v) is 2.42. The molecule has 21 heavy (non-hydrogen) atoms. The zero-order valence-corrected chi connectivity index (χ0v) is 12.6. The van der Waals surface area contributed by atoms with Gasteiger partial charge < -0.3 is 15.8 Å². The zero-order chi connectivity index (χ0) is 15.3. The van der Waals surface area contributed by atoms with Crippen molar-refractivity contribution in [1.29, 1.82) is 0 Å². The second-order valence-electron chi connectivity index (χ2n) is 4.64. The van der Waals surface area contributed by atoms with E-state index in [0.29, 0.717) is 23.7 Å². The minimum absolute atomic E-state index is 0.309. The van der Waals surface area contributed by atoms with E-state index in [1.165, 1.54) is 6.26 Å². The molecule has 5 nitrogen and oxygen atoms in total. The van der Waals surface area contributed by atoms with Crippen molar-refractivity contribution in [2.45, 2.75) is 4.90 Å². The van der Waals surface area contributed by atoms with Crippen molar-refractivity contribution in [2.75, 3.05) is 30.5 Å². The van der Waals surface area contributed by atoms with Crippen LogP contribution in [-0.4, -0.2) is 27.8 Å². The molecule has 0 aromatic heterocycles. The predicted octanol–water partition coefficient (Wildman–Crippen LogP) is 2.16. The summed E-state index contributed by atoms with van der Waals surface area (Å²) >= 11 is 0. The molecule has 0 aliphatic heterocycles. The van der Waals surface area contributed by atoms with Crippen LogP contribution in [0.5, 0.6) is 5.75 Å². The van der Waals surface area contributed by atoms with E-state index < -0.39 is 9.84 Å². The molecule has 0 aliphatic rings. The van der Waals surface area contributed by atoms with Gasteiger partial charge in [-0.25, -0.2) is 8.42 Å². The van der Waals surface area contributed by atoms with Crippen LogP contribution in [-0.2, 0) is 9.84 Å². The number of rotatable bonds is 6. The molecule has 2 aromatic rings. The SMILES string of the molecule is CS(=O)(=O)c1ccc(NCCOc2cccc(N)c2)cc1. The van der Waals surface area contributed by atoms with Crippen molar-refractivity contribution in [3.63, 3.8) is 0 Å². The van der Waals surface area contributed by atoms with Crippen molar-refractivity contribution in [2.24, 2.45) is 0 Å². The standard InChI is InChI=1S/C15H18N2O3S/c1-21(18,19)15-7-5-13(6-8-15)17-9-10-20-14-4-2-3-12(16)11-14/h2-8,11,17H,9-10,16H2,1H3. The van der Waals surface area contributed by atoms with E-state index in [1.807, 2.05) is 12.1 Å². The van der Waals surface area contributed by atoms with Crippen LogP contribution in [0, 0.1) is 0 Å². The molecule has 112 valence electrons. The first-order chi connectivity index (χ1) is 9.95. The Morgan fingerprint density at radius 2 is 1.86 bits per heavy atom. The van der Waals surface area contributed by atoms with Crippen LogP contribution >= 0.6 is 0 Å². The third kappa shape index (κ3) is 4.68. The summed E-state index contributed by atoms with van der Waals surface area (Å²) in [4.78, 5) is 0.309. The van der Waals surface area contributed by atoms with E-state index in [4.69, 9.17) is 10.5 Å². The van der Waals surface area contributed by atoms with Crippen molar-refractivity contribution >= 4 is 21.2 Å². The van der Waals surface area contributed by atoms with Crippen LogP contribution in [0.3, 0.4) is 0 Å². The highest BCUT2D eigenvalue weighted by atomic mass is 32.2. The molecule has 2 aromatic carbocycles. The lowest BCUT2D eigenvalue weighted by Crippen LogP contribution is -2.11. The van der Waals surface area contributed by atoms with E-state index in [9.17, 15) is 8.42 Å². The smallest absolute Gasteiger partial charge is 0.175 e. The number of hydrogen-bond acceptors (Lipinski definition) is 5. The van der Waals surface area contributed by atoms with Gasteiger partial charge in [-0.05, 0) is 36.4 Å². The summed E-state index contributed by atoms with van der Waals surface area (Å²) in [5.74, 6) is 0.726. The minimum Gasteiger partial charge on any atom is -0.492 e. The first-order valence-corrected chi connectivity index (χ1v) is 8.36. The van der Waals surface area contributed by atoms with Gasteiger partial charge in [0.25, 0.3) is 0 Å². The topological polar surface area (TPSA) is 81.4 Å². The summed E-state index contributed by atoms with van der Waals surface area (Å²) in [6.45, 7) is 1.09. The molecular formula is C15H18N2O3S. The maximum atomic E-state index is 11.3. The number of hydrogen-bond donors (Lipinski definition) is 2. The average molecular weight is 306 g/mol. The highest BCUT2D eigenvalue weighted by molar-refractivity contribution is 7.90. The average Bonchev–Trinajstić information content (AvgIpc) is 2.43. The lowest BCUT2D eigenvalue weighted by molar-refractivity contribution is 0.333. The Morgan fingerprint density at radius 1 is 1.14 bits per heavy atom. The number of sulfone groups is 1. The van der Waals surface area contributed by atoms with Gasteiger partial charge in [-0.1, -0.05) is 6.07 Å². The minimum atomic E-state index is -3.15. The van der Waals surface area contributed by atoms with Gasteiger partial charge in [0.1, 0.15) is 12.4 Å². The van der Waals surface area contributed by atoms with Crippen LogP contribution < -0.4 is 15.8 Å². The maximum Gasteiger partial charge on any atom is 0.175 e. The Kier molecular flexibility index (Phi) is 4.70. The van der Waals surface area contributed by atoms with Crippen molar-refractivity contribution in [3.05, 3.63) is 48.5 Å². The lowest BCUT2D eigenvalue weighted by Gasteiger charge is -2.09. The van der Waals surface area contributed by atoms with E-state index in [0.717, 1.165) is 11.4 Å². The summed E-state index contributed by atoms with van der Waals surface area (Å²) in [5.41, 5.74) is 7.17. The van der Waals surface area contributed by atoms with Gasteiger partial charge in [-0.2, -0.15) is 0 Å². The van der Waals surface area contributed by atoms with Gasteiger partial charge in [-0.3, -0.25) is 0 Å². The predicted molar refractivity (Wildman–Crippen MR) is 84.4 cm³/mol. The number of nitrogens with two attached hydrogens (primary N) is 1.